The molecule has 2 aromatic heterocycles. The van der Waals surface area contributed by atoms with Crippen LogP contribution in [-0.2, 0) is 14.8 Å². The summed E-state index contributed by atoms with van der Waals surface area (Å²) in [6, 6.07) is 0. The van der Waals surface area contributed by atoms with Crippen molar-refractivity contribution in [2.45, 2.75) is 24.5 Å². The second-order valence-electron chi connectivity index (χ2n) is 5.63. The first kappa shape index (κ1) is 18.6. The lowest BCUT2D eigenvalue weighted by Gasteiger charge is -2.16. The van der Waals surface area contributed by atoms with Crippen LogP contribution in [0.3, 0.4) is 0 Å². The zero-order valence-corrected chi connectivity index (χ0v) is 14.3. The lowest BCUT2D eigenvalue weighted by molar-refractivity contribution is -0.0329. The third-order valence-electron chi connectivity index (χ3n) is 3.90. The molecular formula is C13H19N7O5S. The first-order valence-corrected chi connectivity index (χ1v) is 9.19. The number of nitrogens with two attached hydrogens (primary N) is 2. The van der Waals surface area contributed by atoms with Crippen LogP contribution in [0.1, 0.15) is 6.23 Å². The van der Waals surface area contributed by atoms with E-state index in [-0.39, 0.29) is 18.9 Å². The van der Waals surface area contributed by atoms with Crippen LogP contribution in [0, 0.1) is 0 Å². The van der Waals surface area contributed by atoms with Crippen molar-refractivity contribution in [2.75, 3.05) is 18.8 Å². The number of fused-ring (bicyclic) bond motifs is 1. The molecule has 0 spiro atoms. The number of nitrogen functional groups attached to an aromatic ring is 1. The van der Waals surface area contributed by atoms with E-state index in [9.17, 15) is 18.6 Å². The smallest absolute Gasteiger partial charge is 0.233 e. The summed E-state index contributed by atoms with van der Waals surface area (Å²) in [5.41, 5.74) is 11.6. The molecule has 3 heterocycles. The Morgan fingerprint density at radius 1 is 1.31 bits per heavy atom. The molecule has 3 rings (SSSR count). The summed E-state index contributed by atoms with van der Waals surface area (Å²) in [5.74, 6) is 0.165. The van der Waals surface area contributed by atoms with Crippen LogP contribution >= 0.6 is 0 Å². The molecule has 1 aliphatic heterocycles. The summed E-state index contributed by atoms with van der Waals surface area (Å²) >= 11 is 0. The molecule has 1 saturated heterocycles. The van der Waals surface area contributed by atoms with E-state index in [0.717, 1.165) is 5.41 Å². The van der Waals surface area contributed by atoms with Crippen LogP contribution in [0.15, 0.2) is 24.1 Å². The van der Waals surface area contributed by atoms with Gasteiger partial charge in [-0.05, 0) is 0 Å². The van der Waals surface area contributed by atoms with E-state index in [4.69, 9.17) is 16.2 Å². The first-order chi connectivity index (χ1) is 12.3. The molecule has 7 N–H and O–H groups in total. The van der Waals surface area contributed by atoms with Gasteiger partial charge in [0.2, 0.25) is 10.0 Å². The van der Waals surface area contributed by atoms with Gasteiger partial charge in [-0.1, -0.05) is 6.08 Å². The third-order valence-corrected chi connectivity index (χ3v) is 5.02. The average molecular weight is 385 g/mol. The summed E-state index contributed by atoms with van der Waals surface area (Å²) in [7, 11) is -3.72. The fourth-order valence-corrected chi connectivity index (χ4v) is 3.47. The fraction of sp³-hybridized carbons (Fsp3) is 0.462. The quantitative estimate of drug-likeness (QED) is 0.353. The van der Waals surface area contributed by atoms with E-state index in [2.05, 4.69) is 19.7 Å². The lowest BCUT2D eigenvalue weighted by atomic mass is 10.1. The molecule has 26 heavy (non-hydrogen) atoms. The highest BCUT2D eigenvalue weighted by Crippen LogP contribution is 2.31. The van der Waals surface area contributed by atoms with Gasteiger partial charge in [0.25, 0.3) is 0 Å². The van der Waals surface area contributed by atoms with Crippen molar-refractivity contribution < 1.29 is 23.4 Å². The summed E-state index contributed by atoms with van der Waals surface area (Å²) in [6.45, 7) is -0.168. The summed E-state index contributed by atoms with van der Waals surface area (Å²) in [6.07, 6.45) is -0.773. The van der Waals surface area contributed by atoms with Crippen molar-refractivity contribution in [1.82, 2.24) is 24.2 Å². The normalized spacial score (nSPS) is 26.9. The number of nitrogens with one attached hydrogen (secondary N) is 1. The van der Waals surface area contributed by atoms with Gasteiger partial charge in [0.05, 0.1) is 6.33 Å². The number of sulfonamides is 1. The molecule has 142 valence electrons. The van der Waals surface area contributed by atoms with Crippen molar-refractivity contribution in [3.63, 3.8) is 0 Å². The molecular weight excluding hydrogens is 366 g/mol. The number of hydrogen-bond acceptors (Lipinski definition) is 10. The molecule has 4 atom stereocenters. The van der Waals surface area contributed by atoms with Gasteiger partial charge in [0.1, 0.15) is 30.2 Å². The molecule has 0 radical (unpaired) electrons. The van der Waals surface area contributed by atoms with Gasteiger partial charge in [-0.15, -0.1) is 0 Å². The third kappa shape index (κ3) is 3.53. The number of anilines is 1. The van der Waals surface area contributed by atoms with Gasteiger partial charge in [-0.2, -0.15) is 0 Å². The van der Waals surface area contributed by atoms with E-state index in [1.54, 1.807) is 0 Å². The number of aromatic nitrogens is 4. The maximum atomic E-state index is 11.8. The second-order valence-corrected chi connectivity index (χ2v) is 7.28. The topological polar surface area (TPSA) is 191 Å². The van der Waals surface area contributed by atoms with Crippen molar-refractivity contribution in [3.8, 4) is 0 Å². The van der Waals surface area contributed by atoms with Crippen LogP contribution in [0.4, 0.5) is 5.82 Å². The standard InChI is InChI=1S/C13H19N7O5S/c14-2-1-3-26(23,24)19-4-7-9(21)10(22)13(25-7)20-6-18-8-11(15)16-5-17-12(8)20/h1,3,5-7,9-10,13,19,21-22H,2,4,14H2,(H2,15,16,17). The zero-order valence-electron chi connectivity index (χ0n) is 13.5. The molecule has 0 bridgehead atoms. The Hall–Kier alpha value is -2.16. The number of aliphatic hydroxyl groups is 2. The van der Waals surface area contributed by atoms with E-state index in [0.29, 0.717) is 11.2 Å². The second kappa shape index (κ2) is 7.22. The molecule has 2 aromatic rings. The molecule has 13 heteroatoms. The van der Waals surface area contributed by atoms with E-state index >= 15 is 0 Å². The number of ether oxygens (including phenoxy) is 1. The molecule has 4 unspecified atom stereocenters. The molecule has 0 aliphatic carbocycles. The van der Waals surface area contributed by atoms with Crippen molar-refractivity contribution in [3.05, 3.63) is 24.1 Å². The Bertz CT molecular complexity index is 915. The minimum atomic E-state index is -3.72. The predicted molar refractivity (Wildman–Crippen MR) is 90.8 cm³/mol. The SMILES string of the molecule is NCC=CS(=O)(=O)NCC1OC(n2cnc3c(N)ncnc32)C(O)C1O. The van der Waals surface area contributed by atoms with Crippen molar-refractivity contribution in [2.24, 2.45) is 5.73 Å². The number of hydrogen-bond donors (Lipinski definition) is 5. The largest absolute Gasteiger partial charge is 0.387 e. The van der Waals surface area contributed by atoms with Gasteiger partial charge in [-0.25, -0.2) is 28.1 Å². The van der Waals surface area contributed by atoms with E-state index in [1.165, 1.54) is 23.3 Å². The zero-order chi connectivity index (χ0) is 18.9. The first-order valence-electron chi connectivity index (χ1n) is 7.65. The van der Waals surface area contributed by atoms with Crippen LogP contribution in [0.2, 0.25) is 0 Å². The van der Waals surface area contributed by atoms with Gasteiger partial charge < -0.3 is 26.4 Å². The Balaban J connectivity index is 1.77. The van der Waals surface area contributed by atoms with Gasteiger partial charge in [-0.3, -0.25) is 4.57 Å². The van der Waals surface area contributed by atoms with Gasteiger partial charge >= 0.3 is 0 Å². The van der Waals surface area contributed by atoms with Gasteiger partial charge in [0.15, 0.2) is 17.7 Å². The maximum Gasteiger partial charge on any atom is 0.233 e. The number of nitrogens with zero attached hydrogens (tertiary/aromatic N) is 4. The summed E-state index contributed by atoms with van der Waals surface area (Å²) < 4.78 is 32.8. The highest BCUT2D eigenvalue weighted by atomic mass is 32.2. The highest BCUT2D eigenvalue weighted by Gasteiger charge is 2.44. The minimum Gasteiger partial charge on any atom is -0.387 e. The Labute approximate surface area is 148 Å². The average Bonchev–Trinajstić information content (AvgIpc) is 3.15. The summed E-state index contributed by atoms with van der Waals surface area (Å²) in [4.78, 5) is 12.0. The molecule has 0 amide bonds. The minimum absolute atomic E-state index is 0.0724. The number of rotatable bonds is 6. The number of imidazole rings is 1. The van der Waals surface area contributed by atoms with Crippen LogP contribution < -0.4 is 16.2 Å². The summed E-state index contributed by atoms with van der Waals surface area (Å²) in [5, 5.41) is 21.4. The van der Waals surface area contributed by atoms with Crippen LogP contribution in [0.25, 0.3) is 11.2 Å². The molecule has 1 fully saturated rings. The fourth-order valence-electron chi connectivity index (χ4n) is 2.61. The monoisotopic (exact) mass is 385 g/mol. The van der Waals surface area contributed by atoms with Crippen molar-refractivity contribution >= 4 is 27.0 Å². The molecule has 0 aromatic carbocycles. The van der Waals surface area contributed by atoms with E-state index < -0.39 is 34.6 Å². The van der Waals surface area contributed by atoms with Crippen LogP contribution in [0.5, 0.6) is 0 Å². The predicted octanol–water partition coefficient (Wildman–Crippen LogP) is -2.58. The maximum absolute atomic E-state index is 11.8. The highest BCUT2D eigenvalue weighted by molar-refractivity contribution is 7.92. The molecule has 12 nitrogen and oxygen atoms in total. The molecule has 1 aliphatic rings. The van der Waals surface area contributed by atoms with E-state index in [1.807, 2.05) is 0 Å². The lowest BCUT2D eigenvalue weighted by Crippen LogP contribution is -2.39. The molecule has 0 saturated carbocycles. The van der Waals surface area contributed by atoms with Crippen molar-refractivity contribution in [1.29, 1.82) is 0 Å². The number of aliphatic hydroxyl groups excluding tert-OH is 2. The van der Waals surface area contributed by atoms with Gasteiger partial charge in [0, 0.05) is 18.5 Å². The van der Waals surface area contributed by atoms with Crippen LogP contribution in [-0.4, -0.2) is 69.6 Å². The Morgan fingerprint density at radius 3 is 2.81 bits per heavy atom. The Kier molecular flexibility index (Phi) is 5.17. The Morgan fingerprint density at radius 2 is 2.08 bits per heavy atom.